The number of amides is 2. The van der Waals surface area contributed by atoms with Gasteiger partial charge in [0.15, 0.2) is 6.61 Å². The lowest BCUT2D eigenvalue weighted by Crippen LogP contribution is -2.42. The Hall–Kier alpha value is -3.19. The minimum atomic E-state index is -0.254. The summed E-state index contributed by atoms with van der Waals surface area (Å²) < 4.78 is 10.8. The Kier molecular flexibility index (Phi) is 6.75. The minimum Gasteiger partial charge on any atom is -0.484 e. The number of nitrogens with zero attached hydrogens (tertiary/aromatic N) is 2. The van der Waals surface area contributed by atoms with Crippen LogP contribution < -0.4 is 10.2 Å². The fraction of sp³-hybridized carbons (Fsp3) is 0.286. The zero-order chi connectivity index (χ0) is 19.8. The van der Waals surface area contributed by atoms with Gasteiger partial charge in [-0.1, -0.05) is 18.2 Å². The summed E-state index contributed by atoms with van der Waals surface area (Å²) >= 11 is 0. The van der Waals surface area contributed by atoms with Gasteiger partial charge in [-0.2, -0.15) is 5.10 Å². The van der Waals surface area contributed by atoms with Crippen LogP contribution in [0.1, 0.15) is 21.5 Å². The number of carbonyl (C=O) groups excluding carboxylic acids is 2. The van der Waals surface area contributed by atoms with Crippen LogP contribution in [0.25, 0.3) is 0 Å². The third-order valence-electron chi connectivity index (χ3n) is 4.38. The summed E-state index contributed by atoms with van der Waals surface area (Å²) in [5.74, 6) is 0.298. The van der Waals surface area contributed by atoms with Gasteiger partial charge in [-0.3, -0.25) is 9.59 Å². The van der Waals surface area contributed by atoms with Gasteiger partial charge < -0.3 is 14.4 Å². The molecule has 0 bridgehead atoms. The first-order valence-electron chi connectivity index (χ1n) is 9.11. The molecule has 0 radical (unpaired) electrons. The second-order valence-electron chi connectivity index (χ2n) is 6.36. The first kappa shape index (κ1) is 19.6. The highest BCUT2D eigenvalue weighted by molar-refractivity contribution is 5.96. The van der Waals surface area contributed by atoms with Crippen LogP contribution in [0.3, 0.4) is 0 Å². The molecule has 146 valence electrons. The van der Waals surface area contributed by atoms with Crippen molar-refractivity contribution < 1.29 is 19.1 Å². The van der Waals surface area contributed by atoms with E-state index in [1.807, 2.05) is 25.1 Å². The van der Waals surface area contributed by atoms with E-state index < -0.39 is 0 Å². The summed E-state index contributed by atoms with van der Waals surface area (Å²) in [4.78, 5) is 25.9. The van der Waals surface area contributed by atoms with Gasteiger partial charge in [-0.15, -0.1) is 0 Å². The molecule has 7 nitrogen and oxygen atoms in total. The monoisotopic (exact) mass is 381 g/mol. The summed E-state index contributed by atoms with van der Waals surface area (Å²) in [5, 5.41) is 3.99. The van der Waals surface area contributed by atoms with Crippen LogP contribution >= 0.6 is 0 Å². The molecular weight excluding hydrogens is 358 g/mol. The van der Waals surface area contributed by atoms with Gasteiger partial charge in [0, 0.05) is 18.7 Å². The van der Waals surface area contributed by atoms with Gasteiger partial charge >= 0.3 is 0 Å². The number of nitrogens with one attached hydrogen (secondary N) is 1. The molecule has 0 aromatic heterocycles. The van der Waals surface area contributed by atoms with E-state index in [4.69, 9.17) is 9.47 Å². The summed E-state index contributed by atoms with van der Waals surface area (Å²) in [6.45, 7) is 4.22. The second-order valence-corrected chi connectivity index (χ2v) is 6.36. The average Bonchev–Trinajstić information content (AvgIpc) is 2.74. The highest BCUT2D eigenvalue weighted by Crippen LogP contribution is 2.12. The van der Waals surface area contributed by atoms with Crippen LogP contribution in [-0.4, -0.2) is 55.8 Å². The molecule has 1 aliphatic rings. The molecule has 0 unspecified atom stereocenters. The van der Waals surface area contributed by atoms with E-state index in [0.717, 1.165) is 11.1 Å². The molecule has 1 N–H and O–H groups in total. The van der Waals surface area contributed by atoms with E-state index in [9.17, 15) is 9.59 Å². The van der Waals surface area contributed by atoms with Crippen molar-refractivity contribution in [2.45, 2.75) is 6.92 Å². The lowest BCUT2D eigenvalue weighted by atomic mass is 10.1. The fourth-order valence-electron chi connectivity index (χ4n) is 2.75. The molecule has 1 fully saturated rings. The minimum absolute atomic E-state index is 0.0000793. The number of hydrazone groups is 1. The van der Waals surface area contributed by atoms with Crippen LogP contribution in [-0.2, 0) is 9.53 Å². The molecule has 28 heavy (non-hydrogen) atoms. The molecule has 0 aliphatic carbocycles. The fourth-order valence-corrected chi connectivity index (χ4v) is 2.75. The maximum absolute atomic E-state index is 12.1. The quantitative estimate of drug-likeness (QED) is 0.613. The maximum atomic E-state index is 12.1. The predicted octanol–water partition coefficient (Wildman–Crippen LogP) is 2.00. The molecule has 1 heterocycles. The summed E-state index contributed by atoms with van der Waals surface area (Å²) in [7, 11) is 0. The Balaban J connectivity index is 1.47. The van der Waals surface area contributed by atoms with Crippen molar-refractivity contribution >= 4 is 18.0 Å². The number of hydrogen-bond acceptors (Lipinski definition) is 5. The van der Waals surface area contributed by atoms with Gasteiger partial charge in [0.25, 0.3) is 11.8 Å². The molecule has 2 aromatic rings. The summed E-state index contributed by atoms with van der Waals surface area (Å²) in [6, 6.07) is 14.5. The number of hydrogen-bond donors (Lipinski definition) is 1. The average molecular weight is 381 g/mol. The van der Waals surface area contributed by atoms with Crippen LogP contribution in [0.2, 0.25) is 0 Å². The molecule has 0 saturated carbocycles. The Labute approximate surface area is 163 Å². The molecule has 3 rings (SSSR count). The third kappa shape index (κ3) is 5.40. The molecule has 2 amide bonds. The maximum Gasteiger partial charge on any atom is 0.271 e. The smallest absolute Gasteiger partial charge is 0.271 e. The molecule has 7 heteroatoms. The number of ether oxygens (including phenoxy) is 2. The van der Waals surface area contributed by atoms with Crippen LogP contribution in [0.5, 0.6) is 5.75 Å². The highest BCUT2D eigenvalue weighted by atomic mass is 16.5. The van der Waals surface area contributed by atoms with Crippen LogP contribution in [0.4, 0.5) is 0 Å². The van der Waals surface area contributed by atoms with Gasteiger partial charge in [-0.05, 0) is 48.4 Å². The molecule has 0 atom stereocenters. The molecule has 0 spiro atoms. The lowest BCUT2D eigenvalue weighted by Gasteiger charge is -2.26. The van der Waals surface area contributed by atoms with Crippen molar-refractivity contribution in [2.75, 3.05) is 32.9 Å². The topological polar surface area (TPSA) is 80.2 Å². The number of morpholine rings is 1. The zero-order valence-corrected chi connectivity index (χ0v) is 15.8. The van der Waals surface area contributed by atoms with Gasteiger partial charge in [0.1, 0.15) is 5.75 Å². The van der Waals surface area contributed by atoms with E-state index >= 15 is 0 Å². The van der Waals surface area contributed by atoms with Crippen molar-refractivity contribution in [2.24, 2.45) is 5.10 Å². The third-order valence-corrected chi connectivity index (χ3v) is 4.38. The molecular formula is C21H23N3O4. The normalized spacial score (nSPS) is 14.1. The first-order valence-corrected chi connectivity index (χ1v) is 9.11. The van der Waals surface area contributed by atoms with Crippen molar-refractivity contribution in [3.8, 4) is 5.75 Å². The van der Waals surface area contributed by atoms with E-state index in [0.29, 0.717) is 37.6 Å². The molecule has 1 aliphatic heterocycles. The Morgan fingerprint density at radius 1 is 1.14 bits per heavy atom. The van der Waals surface area contributed by atoms with E-state index in [1.165, 1.54) is 0 Å². The van der Waals surface area contributed by atoms with Gasteiger partial charge in [0.2, 0.25) is 0 Å². The number of rotatable bonds is 6. The Bertz CT molecular complexity index is 843. The zero-order valence-electron chi connectivity index (χ0n) is 15.8. The van der Waals surface area contributed by atoms with Crippen molar-refractivity contribution in [1.82, 2.24) is 10.3 Å². The van der Waals surface area contributed by atoms with Crippen molar-refractivity contribution in [3.63, 3.8) is 0 Å². The van der Waals surface area contributed by atoms with Gasteiger partial charge in [-0.25, -0.2) is 5.43 Å². The highest BCUT2D eigenvalue weighted by Gasteiger charge is 2.17. The van der Waals surface area contributed by atoms with E-state index in [-0.39, 0.29) is 18.4 Å². The lowest BCUT2D eigenvalue weighted by molar-refractivity contribution is -0.137. The Morgan fingerprint density at radius 3 is 2.57 bits per heavy atom. The van der Waals surface area contributed by atoms with Crippen molar-refractivity contribution in [1.29, 1.82) is 0 Å². The van der Waals surface area contributed by atoms with Crippen LogP contribution in [0.15, 0.2) is 53.6 Å². The summed E-state index contributed by atoms with van der Waals surface area (Å²) in [6.07, 6.45) is 1.55. The predicted molar refractivity (Wildman–Crippen MR) is 106 cm³/mol. The summed E-state index contributed by atoms with van der Waals surface area (Å²) in [5.41, 5.74) is 4.80. The number of carbonyl (C=O) groups is 2. The van der Waals surface area contributed by atoms with E-state index in [1.54, 1.807) is 41.4 Å². The second kappa shape index (κ2) is 9.66. The molecule has 2 aromatic carbocycles. The number of benzene rings is 2. The van der Waals surface area contributed by atoms with Crippen LogP contribution in [0, 0.1) is 6.92 Å². The standard InChI is InChI=1S/C21H23N3O4/c1-16-4-2-3-5-19(16)21(26)23-22-14-17-6-8-18(9-7-17)28-15-20(25)24-10-12-27-13-11-24/h2-9,14H,10-13,15H2,1H3,(H,23,26)/b22-14-. The molecule has 1 saturated heterocycles. The van der Waals surface area contributed by atoms with Gasteiger partial charge in [0.05, 0.1) is 19.4 Å². The first-order chi connectivity index (χ1) is 13.6. The van der Waals surface area contributed by atoms with E-state index in [2.05, 4.69) is 10.5 Å². The number of aryl methyl sites for hydroxylation is 1. The Morgan fingerprint density at radius 2 is 1.86 bits per heavy atom. The van der Waals surface area contributed by atoms with Crippen molar-refractivity contribution in [3.05, 3.63) is 65.2 Å². The SMILES string of the molecule is Cc1ccccc1C(=O)N/N=C\c1ccc(OCC(=O)N2CCOCC2)cc1. The largest absolute Gasteiger partial charge is 0.484 e.